The lowest BCUT2D eigenvalue weighted by atomic mass is 10.1. The smallest absolute Gasteiger partial charge is 0.261 e. The topological polar surface area (TPSA) is 63.2 Å². The number of carbonyl (C=O) groups is 1. The minimum absolute atomic E-state index is 0.255. The molecule has 0 aliphatic heterocycles. The Hall–Kier alpha value is -0.850. The molecular weight excluding hydrogens is 328 g/mol. The standard InChI is InChI=1S/C12H14Cl2FNO3S/c1-7(2)3-4-16-12(17)9-5-8(20(14,18)19)6-10(15)11(9)13/h5-7H,3-4H2,1-2H3,(H,16,17). The summed E-state index contributed by atoms with van der Waals surface area (Å²) in [7, 11) is 0.998. The molecular formula is C12H14Cl2FNO3S. The molecule has 0 heterocycles. The summed E-state index contributed by atoms with van der Waals surface area (Å²) in [6.45, 7) is 4.35. The first kappa shape index (κ1) is 17.2. The van der Waals surface area contributed by atoms with Crippen LogP contribution >= 0.6 is 22.3 Å². The second kappa shape index (κ2) is 6.74. The molecule has 0 aliphatic rings. The van der Waals surface area contributed by atoms with Gasteiger partial charge in [0, 0.05) is 17.2 Å². The average Bonchev–Trinajstić information content (AvgIpc) is 2.30. The molecule has 0 spiro atoms. The molecule has 0 radical (unpaired) electrons. The Morgan fingerprint density at radius 3 is 2.50 bits per heavy atom. The zero-order chi connectivity index (χ0) is 15.5. The number of amides is 1. The quantitative estimate of drug-likeness (QED) is 0.836. The highest BCUT2D eigenvalue weighted by Gasteiger charge is 2.20. The summed E-state index contributed by atoms with van der Waals surface area (Å²) >= 11 is 5.68. The molecule has 20 heavy (non-hydrogen) atoms. The third-order valence-corrected chi connectivity index (χ3v) is 4.25. The monoisotopic (exact) mass is 341 g/mol. The van der Waals surface area contributed by atoms with Crippen LogP contribution in [0.25, 0.3) is 0 Å². The van der Waals surface area contributed by atoms with Gasteiger partial charge in [0.05, 0.1) is 15.5 Å². The molecule has 0 aromatic heterocycles. The molecule has 0 unspecified atom stereocenters. The van der Waals surface area contributed by atoms with E-state index in [1.54, 1.807) is 0 Å². The van der Waals surface area contributed by atoms with Gasteiger partial charge >= 0.3 is 0 Å². The molecule has 1 N–H and O–H groups in total. The lowest BCUT2D eigenvalue weighted by Crippen LogP contribution is -2.26. The normalized spacial score (nSPS) is 11.7. The van der Waals surface area contributed by atoms with E-state index in [0.29, 0.717) is 18.5 Å². The largest absolute Gasteiger partial charge is 0.352 e. The van der Waals surface area contributed by atoms with Crippen LogP contribution in [0.2, 0.25) is 5.02 Å². The van der Waals surface area contributed by atoms with Gasteiger partial charge < -0.3 is 5.32 Å². The molecule has 0 saturated carbocycles. The molecule has 0 saturated heterocycles. The molecule has 1 aromatic rings. The van der Waals surface area contributed by atoms with E-state index in [0.717, 1.165) is 12.5 Å². The van der Waals surface area contributed by atoms with Gasteiger partial charge in [-0.15, -0.1) is 0 Å². The molecule has 0 bridgehead atoms. The first-order valence-corrected chi connectivity index (χ1v) is 8.53. The van der Waals surface area contributed by atoms with E-state index in [4.69, 9.17) is 22.3 Å². The van der Waals surface area contributed by atoms with E-state index in [1.807, 2.05) is 13.8 Å². The van der Waals surface area contributed by atoms with E-state index in [1.165, 1.54) is 0 Å². The van der Waals surface area contributed by atoms with E-state index >= 15 is 0 Å². The summed E-state index contributed by atoms with van der Waals surface area (Å²) in [4.78, 5) is 11.4. The van der Waals surface area contributed by atoms with Gasteiger partial charge in [-0.25, -0.2) is 12.8 Å². The van der Waals surface area contributed by atoms with Crippen molar-refractivity contribution in [2.45, 2.75) is 25.2 Å². The van der Waals surface area contributed by atoms with Crippen LogP contribution in [-0.2, 0) is 9.05 Å². The summed E-state index contributed by atoms with van der Waals surface area (Å²) < 4.78 is 35.9. The van der Waals surface area contributed by atoms with Crippen LogP contribution in [0.4, 0.5) is 4.39 Å². The lowest BCUT2D eigenvalue weighted by Gasteiger charge is -2.10. The van der Waals surface area contributed by atoms with E-state index in [-0.39, 0.29) is 5.56 Å². The van der Waals surface area contributed by atoms with Crippen molar-refractivity contribution in [3.8, 4) is 0 Å². The fourth-order valence-electron chi connectivity index (χ4n) is 1.44. The number of nitrogens with one attached hydrogen (secondary N) is 1. The Morgan fingerprint density at radius 2 is 2.00 bits per heavy atom. The number of rotatable bonds is 5. The van der Waals surface area contributed by atoms with Gasteiger partial charge in [-0.05, 0) is 24.5 Å². The molecule has 1 amide bonds. The number of hydrogen-bond donors (Lipinski definition) is 1. The first-order valence-electron chi connectivity index (χ1n) is 5.85. The third kappa shape index (κ3) is 4.61. The predicted molar refractivity (Wildman–Crippen MR) is 76.2 cm³/mol. The maximum atomic E-state index is 13.5. The minimum Gasteiger partial charge on any atom is -0.352 e. The van der Waals surface area contributed by atoms with Crippen molar-refractivity contribution in [2.75, 3.05) is 6.54 Å². The van der Waals surface area contributed by atoms with Crippen LogP contribution in [0.1, 0.15) is 30.6 Å². The number of hydrogen-bond acceptors (Lipinski definition) is 3. The number of halogens is 3. The van der Waals surface area contributed by atoms with Crippen molar-refractivity contribution in [1.29, 1.82) is 0 Å². The third-order valence-electron chi connectivity index (χ3n) is 2.54. The van der Waals surface area contributed by atoms with Gasteiger partial charge in [0.15, 0.2) is 0 Å². The van der Waals surface area contributed by atoms with Crippen molar-refractivity contribution < 1.29 is 17.6 Å². The second-order valence-electron chi connectivity index (χ2n) is 4.64. The first-order chi connectivity index (χ1) is 9.12. The van der Waals surface area contributed by atoms with E-state index < -0.39 is 30.7 Å². The minimum atomic E-state index is -4.14. The van der Waals surface area contributed by atoms with Crippen molar-refractivity contribution in [3.05, 3.63) is 28.5 Å². The molecule has 0 atom stereocenters. The molecule has 0 aliphatic carbocycles. The molecule has 4 nitrogen and oxygen atoms in total. The van der Waals surface area contributed by atoms with Crippen LogP contribution in [0.5, 0.6) is 0 Å². The number of benzene rings is 1. The highest BCUT2D eigenvalue weighted by atomic mass is 35.7. The van der Waals surface area contributed by atoms with E-state index in [9.17, 15) is 17.6 Å². The van der Waals surface area contributed by atoms with Crippen molar-refractivity contribution in [2.24, 2.45) is 5.92 Å². The highest BCUT2D eigenvalue weighted by Crippen LogP contribution is 2.26. The van der Waals surface area contributed by atoms with Crippen molar-refractivity contribution in [3.63, 3.8) is 0 Å². The molecule has 112 valence electrons. The van der Waals surface area contributed by atoms with Crippen LogP contribution in [0.15, 0.2) is 17.0 Å². The van der Waals surface area contributed by atoms with Gasteiger partial charge in [0.2, 0.25) is 0 Å². The summed E-state index contributed by atoms with van der Waals surface area (Å²) in [5, 5.41) is 2.11. The van der Waals surface area contributed by atoms with Crippen LogP contribution in [0.3, 0.4) is 0 Å². The van der Waals surface area contributed by atoms with E-state index in [2.05, 4.69) is 5.32 Å². The lowest BCUT2D eigenvalue weighted by molar-refractivity contribution is 0.0951. The fourth-order valence-corrected chi connectivity index (χ4v) is 2.40. The van der Waals surface area contributed by atoms with Crippen LogP contribution < -0.4 is 5.32 Å². The molecule has 0 fully saturated rings. The van der Waals surface area contributed by atoms with Gasteiger partial charge in [0.25, 0.3) is 15.0 Å². The van der Waals surface area contributed by atoms with Crippen molar-refractivity contribution in [1.82, 2.24) is 5.32 Å². The number of carbonyl (C=O) groups excluding carboxylic acids is 1. The van der Waals surface area contributed by atoms with Gasteiger partial charge in [-0.1, -0.05) is 25.4 Å². The molecule has 1 rings (SSSR count). The average molecular weight is 342 g/mol. The zero-order valence-corrected chi connectivity index (χ0v) is 13.2. The Kier molecular flexibility index (Phi) is 5.79. The Labute approximate surface area is 126 Å². The Balaban J connectivity index is 3.05. The Bertz CT molecular complexity index is 617. The second-order valence-corrected chi connectivity index (χ2v) is 7.59. The Morgan fingerprint density at radius 1 is 1.40 bits per heavy atom. The van der Waals surface area contributed by atoms with Crippen molar-refractivity contribution >= 4 is 37.2 Å². The predicted octanol–water partition coefficient (Wildman–Crippen LogP) is 3.18. The zero-order valence-electron chi connectivity index (χ0n) is 10.9. The molecule has 8 heteroatoms. The SMILES string of the molecule is CC(C)CCNC(=O)c1cc(S(=O)(=O)Cl)cc(F)c1Cl. The molecule has 1 aromatic carbocycles. The summed E-state index contributed by atoms with van der Waals surface area (Å²) in [5.74, 6) is -1.27. The van der Waals surface area contributed by atoms with Gasteiger partial charge in [-0.2, -0.15) is 0 Å². The van der Waals surface area contributed by atoms with Gasteiger partial charge in [-0.3, -0.25) is 4.79 Å². The summed E-state index contributed by atoms with van der Waals surface area (Å²) in [6, 6.07) is 1.63. The maximum Gasteiger partial charge on any atom is 0.261 e. The van der Waals surface area contributed by atoms with Gasteiger partial charge in [0.1, 0.15) is 5.82 Å². The summed E-state index contributed by atoms with van der Waals surface area (Å²) in [6.07, 6.45) is 0.735. The summed E-state index contributed by atoms with van der Waals surface area (Å²) in [5.41, 5.74) is -0.255. The van der Waals surface area contributed by atoms with Crippen LogP contribution in [0, 0.1) is 11.7 Å². The maximum absolute atomic E-state index is 13.5. The fraction of sp³-hybridized carbons (Fsp3) is 0.417. The van der Waals surface area contributed by atoms with Crippen LogP contribution in [-0.4, -0.2) is 20.9 Å². The highest BCUT2D eigenvalue weighted by molar-refractivity contribution is 8.13.